The smallest absolute Gasteiger partial charge is 0.191 e. The van der Waals surface area contributed by atoms with Gasteiger partial charge >= 0.3 is 0 Å². The Bertz CT molecular complexity index is 455. The van der Waals surface area contributed by atoms with Gasteiger partial charge in [-0.1, -0.05) is 39.5 Å². The number of nitrogens with one attached hydrogen (secondary N) is 2. The van der Waals surface area contributed by atoms with Crippen molar-refractivity contribution in [3.63, 3.8) is 0 Å². The lowest BCUT2D eigenvalue weighted by Gasteiger charge is -2.11. The highest BCUT2D eigenvalue weighted by atomic mass is 127. The summed E-state index contributed by atoms with van der Waals surface area (Å²) < 4.78 is 1.98. The maximum Gasteiger partial charge on any atom is 0.191 e. The van der Waals surface area contributed by atoms with E-state index in [2.05, 4.69) is 39.7 Å². The summed E-state index contributed by atoms with van der Waals surface area (Å²) in [6.07, 6.45) is 6.47. The molecule has 7 heteroatoms. The van der Waals surface area contributed by atoms with Crippen molar-refractivity contribution in [3.8, 4) is 0 Å². The molecule has 0 atom stereocenters. The third-order valence-corrected chi connectivity index (χ3v) is 3.82. The molecule has 1 aromatic heterocycles. The van der Waals surface area contributed by atoms with E-state index in [-0.39, 0.29) is 24.0 Å². The zero-order chi connectivity index (χ0) is 16.4. The van der Waals surface area contributed by atoms with Crippen LogP contribution < -0.4 is 10.6 Å². The number of hydrogen-bond donors (Lipinski definition) is 2. The Morgan fingerprint density at radius 2 is 1.83 bits per heavy atom. The van der Waals surface area contributed by atoms with E-state index in [1.165, 1.54) is 32.1 Å². The lowest BCUT2D eigenvalue weighted by atomic mass is 10.0. The Kier molecular flexibility index (Phi) is 12.1. The van der Waals surface area contributed by atoms with E-state index in [1.807, 2.05) is 18.5 Å². The molecule has 0 aromatic carbocycles. The molecule has 0 aliphatic heterocycles. The minimum Gasteiger partial charge on any atom is -0.356 e. The molecule has 0 spiro atoms. The Balaban J connectivity index is 0.00000484. The molecule has 6 nitrogen and oxygen atoms in total. The van der Waals surface area contributed by atoms with E-state index < -0.39 is 0 Å². The molecular weight excluding hydrogens is 403 g/mol. The fourth-order valence-electron chi connectivity index (χ4n) is 2.23. The summed E-state index contributed by atoms with van der Waals surface area (Å²) in [5.74, 6) is 3.48. The van der Waals surface area contributed by atoms with Gasteiger partial charge in [0.1, 0.15) is 5.82 Å². The van der Waals surface area contributed by atoms with Crippen molar-refractivity contribution >= 4 is 29.9 Å². The van der Waals surface area contributed by atoms with Gasteiger partial charge in [-0.15, -0.1) is 34.2 Å². The van der Waals surface area contributed by atoms with Crippen molar-refractivity contribution in [1.29, 1.82) is 0 Å². The van der Waals surface area contributed by atoms with Gasteiger partial charge in [-0.25, -0.2) is 0 Å². The maximum absolute atomic E-state index is 4.23. The number of aliphatic imine (C=N–C) groups is 1. The molecule has 23 heavy (non-hydrogen) atoms. The first-order valence-electron chi connectivity index (χ1n) is 8.34. The van der Waals surface area contributed by atoms with Gasteiger partial charge in [0.2, 0.25) is 0 Å². The average Bonchev–Trinajstić information content (AvgIpc) is 2.80. The molecule has 0 aliphatic carbocycles. The van der Waals surface area contributed by atoms with Crippen LogP contribution in [0.1, 0.15) is 57.6 Å². The normalized spacial score (nSPS) is 11.5. The second kappa shape index (κ2) is 12.5. The second-order valence-corrected chi connectivity index (χ2v) is 6.17. The number of halogens is 1. The molecule has 0 saturated heterocycles. The van der Waals surface area contributed by atoms with E-state index in [0.717, 1.165) is 30.1 Å². The van der Waals surface area contributed by atoms with Crippen LogP contribution in [0.25, 0.3) is 0 Å². The SMILES string of the molecule is CN=C(NCCCCCCC(C)C)NCc1nnc(C)n1C.I. The summed E-state index contributed by atoms with van der Waals surface area (Å²) in [6, 6.07) is 0. The Labute approximate surface area is 158 Å². The minimum absolute atomic E-state index is 0. The first kappa shape index (κ1) is 22.1. The molecule has 0 amide bonds. The molecule has 0 saturated carbocycles. The zero-order valence-electron chi connectivity index (χ0n) is 15.2. The summed E-state index contributed by atoms with van der Waals surface area (Å²) >= 11 is 0. The number of nitrogens with zero attached hydrogens (tertiary/aromatic N) is 4. The third kappa shape index (κ3) is 9.12. The van der Waals surface area contributed by atoms with E-state index >= 15 is 0 Å². The standard InChI is InChI=1S/C16H32N6.HI/c1-13(2)10-8-6-7-9-11-18-16(17-4)19-12-15-21-20-14(3)22(15)5;/h13H,6-12H2,1-5H3,(H2,17,18,19);1H. The Hall–Kier alpha value is -0.860. The summed E-state index contributed by atoms with van der Waals surface area (Å²) in [7, 11) is 3.76. The highest BCUT2D eigenvalue weighted by Crippen LogP contribution is 2.08. The zero-order valence-corrected chi connectivity index (χ0v) is 17.6. The predicted molar refractivity (Wildman–Crippen MR) is 107 cm³/mol. The van der Waals surface area contributed by atoms with Gasteiger partial charge < -0.3 is 15.2 Å². The summed E-state index contributed by atoms with van der Waals surface area (Å²) in [4.78, 5) is 4.23. The average molecular weight is 436 g/mol. The van der Waals surface area contributed by atoms with E-state index in [4.69, 9.17) is 0 Å². The highest BCUT2D eigenvalue weighted by Gasteiger charge is 2.05. The van der Waals surface area contributed by atoms with Crippen molar-refractivity contribution in [2.45, 2.75) is 59.4 Å². The molecule has 0 bridgehead atoms. The molecule has 134 valence electrons. The van der Waals surface area contributed by atoms with E-state index in [1.54, 1.807) is 7.05 Å². The Morgan fingerprint density at radius 3 is 2.39 bits per heavy atom. The van der Waals surface area contributed by atoms with E-state index in [9.17, 15) is 0 Å². The lowest BCUT2D eigenvalue weighted by molar-refractivity contribution is 0.518. The van der Waals surface area contributed by atoms with Gasteiger partial charge in [-0.05, 0) is 19.3 Å². The van der Waals surface area contributed by atoms with Crippen LogP contribution in [0.15, 0.2) is 4.99 Å². The summed E-state index contributed by atoms with van der Waals surface area (Å²) in [5, 5.41) is 14.8. The quantitative estimate of drug-likeness (QED) is 0.270. The lowest BCUT2D eigenvalue weighted by Crippen LogP contribution is -2.37. The van der Waals surface area contributed by atoms with Crippen LogP contribution in [0.3, 0.4) is 0 Å². The first-order valence-corrected chi connectivity index (χ1v) is 8.34. The van der Waals surface area contributed by atoms with Crippen molar-refractivity contribution < 1.29 is 0 Å². The predicted octanol–water partition coefficient (Wildman–Crippen LogP) is 3.01. The number of aromatic nitrogens is 3. The summed E-state index contributed by atoms with van der Waals surface area (Å²) in [6.45, 7) is 8.11. The molecule has 0 radical (unpaired) electrons. The number of aryl methyl sites for hydroxylation is 1. The van der Waals surface area contributed by atoms with Gasteiger partial charge in [0.25, 0.3) is 0 Å². The van der Waals surface area contributed by atoms with Crippen LogP contribution in [-0.2, 0) is 13.6 Å². The molecule has 2 N–H and O–H groups in total. The van der Waals surface area contributed by atoms with Gasteiger partial charge in [0.05, 0.1) is 6.54 Å². The first-order chi connectivity index (χ1) is 10.5. The van der Waals surface area contributed by atoms with Gasteiger partial charge in [0, 0.05) is 20.6 Å². The van der Waals surface area contributed by atoms with Crippen LogP contribution >= 0.6 is 24.0 Å². The van der Waals surface area contributed by atoms with Crippen molar-refractivity contribution in [3.05, 3.63) is 11.6 Å². The van der Waals surface area contributed by atoms with Crippen LogP contribution in [0.5, 0.6) is 0 Å². The number of rotatable bonds is 9. The van der Waals surface area contributed by atoms with E-state index in [0.29, 0.717) is 6.54 Å². The molecule has 0 fully saturated rings. The highest BCUT2D eigenvalue weighted by molar-refractivity contribution is 14.0. The molecule has 1 heterocycles. The largest absolute Gasteiger partial charge is 0.356 e. The minimum atomic E-state index is 0. The molecule has 1 rings (SSSR count). The van der Waals surface area contributed by atoms with Crippen LogP contribution in [0, 0.1) is 12.8 Å². The number of unbranched alkanes of at least 4 members (excludes halogenated alkanes) is 3. The monoisotopic (exact) mass is 436 g/mol. The topological polar surface area (TPSA) is 67.1 Å². The fourth-order valence-corrected chi connectivity index (χ4v) is 2.23. The number of guanidine groups is 1. The molecule has 0 unspecified atom stereocenters. The number of hydrogen-bond acceptors (Lipinski definition) is 3. The third-order valence-electron chi connectivity index (χ3n) is 3.82. The van der Waals surface area contributed by atoms with Crippen LogP contribution in [0.4, 0.5) is 0 Å². The second-order valence-electron chi connectivity index (χ2n) is 6.17. The molecule has 0 aliphatic rings. The van der Waals surface area contributed by atoms with Crippen molar-refractivity contribution in [2.24, 2.45) is 18.0 Å². The van der Waals surface area contributed by atoms with Crippen molar-refractivity contribution in [2.75, 3.05) is 13.6 Å². The van der Waals surface area contributed by atoms with Crippen LogP contribution in [-0.4, -0.2) is 34.3 Å². The van der Waals surface area contributed by atoms with Gasteiger partial charge in [0.15, 0.2) is 11.8 Å². The molecule has 1 aromatic rings. The van der Waals surface area contributed by atoms with Gasteiger partial charge in [-0.2, -0.15) is 0 Å². The van der Waals surface area contributed by atoms with Gasteiger partial charge in [-0.3, -0.25) is 4.99 Å². The fraction of sp³-hybridized carbons (Fsp3) is 0.812. The Morgan fingerprint density at radius 1 is 1.13 bits per heavy atom. The summed E-state index contributed by atoms with van der Waals surface area (Å²) in [5.41, 5.74) is 0. The van der Waals surface area contributed by atoms with Crippen molar-refractivity contribution in [1.82, 2.24) is 25.4 Å². The van der Waals surface area contributed by atoms with Crippen LogP contribution in [0.2, 0.25) is 0 Å². The molecular formula is C16H33IN6. The maximum atomic E-state index is 4.23.